The molecule has 0 saturated heterocycles. The molecule has 21 heavy (non-hydrogen) atoms. The average Bonchev–Trinajstić information content (AvgIpc) is 2.81. The summed E-state index contributed by atoms with van der Waals surface area (Å²) in [5.74, 6) is -0.329. The molecule has 0 N–H and O–H groups in total. The number of hydrogen-bond donors (Lipinski definition) is 0. The molecule has 2 nitrogen and oxygen atoms in total. The van der Waals surface area contributed by atoms with Gasteiger partial charge in [-0.25, -0.2) is 4.39 Å². The third-order valence-corrected chi connectivity index (χ3v) is 4.58. The molecule has 108 valence electrons. The van der Waals surface area contributed by atoms with Crippen molar-refractivity contribution in [2.24, 2.45) is 0 Å². The summed E-state index contributed by atoms with van der Waals surface area (Å²) in [5, 5.41) is 0.464. The van der Waals surface area contributed by atoms with E-state index in [0.29, 0.717) is 17.7 Å². The van der Waals surface area contributed by atoms with Gasteiger partial charge in [0.15, 0.2) is 5.78 Å². The summed E-state index contributed by atoms with van der Waals surface area (Å²) in [5.41, 5.74) is 2.01. The first-order valence-corrected chi connectivity index (χ1v) is 7.13. The monoisotopic (exact) mass is 324 g/mol. The Hall–Kier alpha value is -1.58. The van der Waals surface area contributed by atoms with E-state index in [0.717, 1.165) is 11.1 Å². The molecule has 0 amide bonds. The number of Topliss-reactive ketones (excluding diaryl/α,β-unsaturated/α-hetero) is 1. The number of carbonyl (C=O) groups is 1. The minimum Gasteiger partial charge on any atom is -0.495 e. The highest BCUT2D eigenvalue weighted by Gasteiger charge is 2.35. The first-order chi connectivity index (χ1) is 10.0. The van der Waals surface area contributed by atoms with Crippen LogP contribution >= 0.6 is 23.2 Å². The van der Waals surface area contributed by atoms with E-state index in [4.69, 9.17) is 27.9 Å². The van der Waals surface area contributed by atoms with E-state index < -0.39 is 0 Å². The van der Waals surface area contributed by atoms with Crippen LogP contribution < -0.4 is 4.74 Å². The lowest BCUT2D eigenvalue weighted by Crippen LogP contribution is -2.07. The third kappa shape index (κ3) is 2.30. The second kappa shape index (κ2) is 5.32. The van der Waals surface area contributed by atoms with Crippen molar-refractivity contribution < 1.29 is 13.9 Å². The van der Waals surface area contributed by atoms with Crippen LogP contribution in [0.4, 0.5) is 4.39 Å². The van der Waals surface area contributed by atoms with Gasteiger partial charge in [-0.3, -0.25) is 4.79 Å². The highest BCUT2D eigenvalue weighted by Crippen LogP contribution is 2.44. The number of carbonyl (C=O) groups excluding carboxylic acids is 1. The Bertz CT molecular complexity index is 726. The van der Waals surface area contributed by atoms with Gasteiger partial charge in [-0.1, -0.05) is 35.3 Å². The number of rotatable bonds is 2. The topological polar surface area (TPSA) is 26.3 Å². The van der Waals surface area contributed by atoms with Crippen LogP contribution in [0.2, 0.25) is 10.0 Å². The van der Waals surface area contributed by atoms with E-state index in [1.54, 1.807) is 18.2 Å². The Morgan fingerprint density at radius 3 is 2.48 bits per heavy atom. The molecule has 1 aliphatic rings. The molecule has 2 aromatic carbocycles. The van der Waals surface area contributed by atoms with E-state index in [1.807, 2.05) is 0 Å². The van der Waals surface area contributed by atoms with Crippen molar-refractivity contribution in [1.29, 1.82) is 0 Å². The zero-order chi connectivity index (χ0) is 15.1. The van der Waals surface area contributed by atoms with Gasteiger partial charge in [0.1, 0.15) is 16.6 Å². The lowest BCUT2D eigenvalue weighted by molar-refractivity contribution is 0.0973. The van der Waals surface area contributed by atoms with Crippen LogP contribution in [0.5, 0.6) is 5.75 Å². The molecule has 0 fully saturated rings. The Labute approximate surface area is 131 Å². The van der Waals surface area contributed by atoms with Crippen molar-refractivity contribution >= 4 is 29.0 Å². The molecule has 1 atom stereocenters. The van der Waals surface area contributed by atoms with Crippen LogP contribution in [0, 0.1) is 5.82 Å². The fourth-order valence-electron chi connectivity index (χ4n) is 2.68. The first-order valence-electron chi connectivity index (χ1n) is 6.37. The van der Waals surface area contributed by atoms with Crippen molar-refractivity contribution in [3.8, 4) is 5.75 Å². The molecule has 0 aromatic heterocycles. The summed E-state index contributed by atoms with van der Waals surface area (Å²) in [6, 6.07) is 7.68. The SMILES string of the molecule is COc1cc2c(c(Cl)c1Cl)C(=O)[C@@H](c1ccc(F)cc1)C2. The molecule has 0 saturated carbocycles. The van der Waals surface area contributed by atoms with Gasteiger partial charge < -0.3 is 4.74 Å². The van der Waals surface area contributed by atoms with Crippen LogP contribution in [0.3, 0.4) is 0 Å². The number of methoxy groups -OCH3 is 1. The summed E-state index contributed by atoms with van der Waals surface area (Å²) in [6.45, 7) is 0. The molecule has 2 aromatic rings. The highest BCUT2D eigenvalue weighted by molar-refractivity contribution is 6.45. The molecule has 0 spiro atoms. The van der Waals surface area contributed by atoms with Crippen LogP contribution in [-0.4, -0.2) is 12.9 Å². The van der Waals surface area contributed by atoms with E-state index in [1.165, 1.54) is 19.2 Å². The second-order valence-electron chi connectivity index (χ2n) is 4.91. The molecule has 0 unspecified atom stereocenters. The number of benzene rings is 2. The predicted octanol–water partition coefficient (Wildman–Crippen LogP) is 4.66. The molecule has 1 aliphatic carbocycles. The van der Waals surface area contributed by atoms with E-state index in [2.05, 4.69) is 0 Å². The molecule has 0 bridgehead atoms. The Morgan fingerprint density at radius 1 is 1.19 bits per heavy atom. The number of halogens is 3. The Morgan fingerprint density at radius 2 is 1.86 bits per heavy atom. The van der Waals surface area contributed by atoms with Gasteiger partial charge in [0.05, 0.1) is 18.1 Å². The number of fused-ring (bicyclic) bond motifs is 1. The van der Waals surface area contributed by atoms with Gasteiger partial charge in [-0.15, -0.1) is 0 Å². The molecule has 3 rings (SSSR count). The standard InChI is InChI=1S/C16H11Cl2FO2/c1-21-12-7-9-6-11(8-2-4-10(19)5-3-8)16(20)13(9)15(18)14(12)17/h2-5,7,11H,6H2,1H3/t11-/m1/s1. The fourth-order valence-corrected chi connectivity index (χ4v) is 3.21. The number of ketones is 1. The largest absolute Gasteiger partial charge is 0.495 e. The summed E-state index contributed by atoms with van der Waals surface area (Å²) >= 11 is 12.3. The van der Waals surface area contributed by atoms with Crippen molar-refractivity contribution in [1.82, 2.24) is 0 Å². The van der Waals surface area contributed by atoms with Gasteiger partial charge in [-0.05, 0) is 35.7 Å². The van der Waals surface area contributed by atoms with Crippen LogP contribution in [0.25, 0.3) is 0 Å². The quantitative estimate of drug-likeness (QED) is 0.802. The van der Waals surface area contributed by atoms with Crippen molar-refractivity contribution in [2.75, 3.05) is 7.11 Å². The molecular weight excluding hydrogens is 314 g/mol. The highest BCUT2D eigenvalue weighted by atomic mass is 35.5. The second-order valence-corrected chi connectivity index (χ2v) is 5.67. The molecule has 0 heterocycles. The zero-order valence-corrected chi connectivity index (χ0v) is 12.6. The summed E-state index contributed by atoms with van der Waals surface area (Å²) in [7, 11) is 1.50. The van der Waals surface area contributed by atoms with Crippen molar-refractivity contribution in [3.63, 3.8) is 0 Å². The number of ether oxygens (including phenoxy) is 1. The Balaban J connectivity index is 2.06. The Kier molecular flexibility index (Phi) is 3.64. The number of hydrogen-bond acceptors (Lipinski definition) is 2. The average molecular weight is 325 g/mol. The van der Waals surface area contributed by atoms with Gasteiger partial charge in [-0.2, -0.15) is 0 Å². The van der Waals surface area contributed by atoms with Crippen molar-refractivity contribution in [3.05, 3.63) is 62.9 Å². The van der Waals surface area contributed by atoms with Gasteiger partial charge in [0, 0.05) is 5.56 Å². The van der Waals surface area contributed by atoms with Crippen LogP contribution in [0.1, 0.15) is 27.4 Å². The maximum atomic E-state index is 13.0. The van der Waals surface area contributed by atoms with E-state index in [-0.39, 0.29) is 27.6 Å². The van der Waals surface area contributed by atoms with Crippen molar-refractivity contribution in [2.45, 2.75) is 12.3 Å². The minimum atomic E-state index is -0.360. The predicted molar refractivity (Wildman–Crippen MR) is 80.2 cm³/mol. The van der Waals surface area contributed by atoms with E-state index >= 15 is 0 Å². The van der Waals surface area contributed by atoms with E-state index in [9.17, 15) is 9.18 Å². The maximum Gasteiger partial charge on any atom is 0.172 e. The fraction of sp³-hybridized carbons (Fsp3) is 0.188. The smallest absolute Gasteiger partial charge is 0.172 e. The van der Waals surface area contributed by atoms with Crippen LogP contribution in [0.15, 0.2) is 30.3 Å². The van der Waals surface area contributed by atoms with Gasteiger partial charge in [0.2, 0.25) is 0 Å². The molecular formula is C16H11Cl2FO2. The molecule has 5 heteroatoms. The minimum absolute atomic E-state index is 0.0915. The molecule has 0 radical (unpaired) electrons. The van der Waals surface area contributed by atoms with Crippen LogP contribution in [-0.2, 0) is 6.42 Å². The summed E-state index contributed by atoms with van der Waals surface area (Å²) < 4.78 is 18.2. The summed E-state index contributed by atoms with van der Waals surface area (Å²) in [4.78, 5) is 12.6. The first kappa shape index (κ1) is 14.4. The van der Waals surface area contributed by atoms with Gasteiger partial charge >= 0.3 is 0 Å². The molecule has 0 aliphatic heterocycles. The summed E-state index contributed by atoms with van der Waals surface area (Å²) in [6.07, 6.45) is 0.507. The normalized spacial score (nSPS) is 17.0. The lowest BCUT2D eigenvalue weighted by Gasteiger charge is -2.08. The maximum absolute atomic E-state index is 13.0. The lowest BCUT2D eigenvalue weighted by atomic mass is 9.95. The third-order valence-electron chi connectivity index (χ3n) is 3.73. The zero-order valence-electron chi connectivity index (χ0n) is 11.1. The van der Waals surface area contributed by atoms with Gasteiger partial charge in [0.25, 0.3) is 0 Å².